The second kappa shape index (κ2) is 7.75. The maximum absolute atomic E-state index is 12.7. The van der Waals surface area contributed by atoms with Crippen LogP contribution in [0.5, 0.6) is 5.75 Å². The molecule has 0 spiro atoms. The van der Waals surface area contributed by atoms with Crippen LogP contribution in [0.2, 0.25) is 0 Å². The number of thiazole rings is 1. The fourth-order valence-electron chi connectivity index (χ4n) is 3.34. The van der Waals surface area contributed by atoms with Crippen LogP contribution in [0.15, 0.2) is 36.4 Å². The van der Waals surface area contributed by atoms with Crippen molar-refractivity contribution < 1.29 is 19.1 Å². The maximum atomic E-state index is 12.7. The summed E-state index contributed by atoms with van der Waals surface area (Å²) in [6.45, 7) is 4.85. The first-order valence-corrected chi connectivity index (χ1v) is 10.2. The zero-order valence-corrected chi connectivity index (χ0v) is 17.5. The molecule has 0 aliphatic carbocycles. The number of nitrogens with one attached hydrogen (secondary N) is 2. The molecule has 0 bridgehead atoms. The van der Waals surface area contributed by atoms with E-state index >= 15 is 0 Å². The Bertz CT molecular complexity index is 1170. The van der Waals surface area contributed by atoms with Gasteiger partial charge in [0, 0.05) is 12.6 Å². The number of aromatic nitrogens is 1. The van der Waals surface area contributed by atoms with E-state index in [-0.39, 0.29) is 24.3 Å². The molecule has 3 aromatic rings. The van der Waals surface area contributed by atoms with Crippen LogP contribution in [0.1, 0.15) is 19.4 Å². The third-order valence-electron chi connectivity index (χ3n) is 4.63. The van der Waals surface area contributed by atoms with Gasteiger partial charge in [-0.3, -0.25) is 19.3 Å². The van der Waals surface area contributed by atoms with E-state index < -0.39 is 6.10 Å². The molecule has 154 valence electrons. The van der Waals surface area contributed by atoms with Crippen molar-refractivity contribution >= 4 is 55.8 Å². The number of para-hydroxylation sites is 2. The fraction of sp³-hybridized carbons (Fsp3) is 0.238. The van der Waals surface area contributed by atoms with Gasteiger partial charge in [-0.1, -0.05) is 23.5 Å². The lowest BCUT2D eigenvalue weighted by atomic mass is 10.1. The van der Waals surface area contributed by atoms with Gasteiger partial charge in [-0.15, -0.1) is 0 Å². The Labute approximate surface area is 176 Å². The topological polar surface area (TPSA) is 101 Å². The number of carbonyl (C=O) groups is 3. The number of hydrogen-bond donors (Lipinski definition) is 2. The van der Waals surface area contributed by atoms with E-state index in [0.717, 1.165) is 15.8 Å². The normalized spacial score (nSPS) is 15.5. The minimum Gasteiger partial charge on any atom is -0.479 e. The molecule has 8 nitrogen and oxygen atoms in total. The summed E-state index contributed by atoms with van der Waals surface area (Å²) < 4.78 is 6.45. The van der Waals surface area contributed by atoms with Gasteiger partial charge in [0.05, 0.1) is 15.9 Å². The van der Waals surface area contributed by atoms with Crippen LogP contribution in [-0.4, -0.2) is 35.4 Å². The van der Waals surface area contributed by atoms with Gasteiger partial charge in [-0.05, 0) is 43.7 Å². The van der Waals surface area contributed by atoms with Gasteiger partial charge < -0.3 is 15.4 Å². The molecule has 2 heterocycles. The Balaban J connectivity index is 1.55. The number of amides is 3. The van der Waals surface area contributed by atoms with E-state index in [9.17, 15) is 14.4 Å². The summed E-state index contributed by atoms with van der Waals surface area (Å²) in [6, 6.07) is 10.8. The number of anilines is 3. The highest BCUT2D eigenvalue weighted by atomic mass is 32.1. The van der Waals surface area contributed by atoms with E-state index in [1.165, 1.54) is 23.2 Å². The molecular weight excluding hydrogens is 404 g/mol. The first-order valence-electron chi connectivity index (χ1n) is 9.37. The minimum atomic E-state index is -0.657. The smallest absolute Gasteiger partial charge is 0.268 e. The number of ether oxygens (including phenoxy) is 1. The molecule has 0 radical (unpaired) electrons. The first kappa shape index (κ1) is 19.8. The number of aryl methyl sites for hydroxylation is 1. The van der Waals surface area contributed by atoms with E-state index in [1.54, 1.807) is 31.2 Å². The van der Waals surface area contributed by atoms with Gasteiger partial charge >= 0.3 is 0 Å². The summed E-state index contributed by atoms with van der Waals surface area (Å²) in [4.78, 5) is 42.4. The highest BCUT2D eigenvalue weighted by Crippen LogP contribution is 2.34. The van der Waals surface area contributed by atoms with Gasteiger partial charge in [-0.25, -0.2) is 4.98 Å². The summed E-state index contributed by atoms with van der Waals surface area (Å²) >= 11 is 1.33. The monoisotopic (exact) mass is 424 g/mol. The van der Waals surface area contributed by atoms with Crippen LogP contribution < -0.4 is 20.3 Å². The Kier molecular flexibility index (Phi) is 5.13. The molecule has 2 aromatic carbocycles. The number of carbonyl (C=O) groups excluding carboxylic acids is 3. The predicted octanol–water partition coefficient (Wildman–Crippen LogP) is 3.32. The quantitative estimate of drug-likeness (QED) is 0.669. The van der Waals surface area contributed by atoms with Gasteiger partial charge in [0.1, 0.15) is 12.3 Å². The number of nitrogens with zero attached hydrogens (tertiary/aromatic N) is 2. The average molecular weight is 424 g/mol. The van der Waals surface area contributed by atoms with Crippen LogP contribution >= 0.6 is 11.3 Å². The van der Waals surface area contributed by atoms with Crippen LogP contribution in [-0.2, 0) is 14.4 Å². The molecule has 4 rings (SSSR count). The SMILES string of the molecule is CC(=O)Nc1nc2c(C)cc(NC(=O)CN3C(=O)C(C)Oc4ccccc43)cc2s1. The largest absolute Gasteiger partial charge is 0.479 e. The van der Waals surface area contributed by atoms with E-state index in [1.807, 2.05) is 19.1 Å². The molecule has 0 saturated heterocycles. The van der Waals surface area contributed by atoms with E-state index in [0.29, 0.717) is 22.3 Å². The summed E-state index contributed by atoms with van der Waals surface area (Å²) in [6.07, 6.45) is -0.657. The van der Waals surface area contributed by atoms with Crippen LogP contribution in [0.25, 0.3) is 10.2 Å². The third-order valence-corrected chi connectivity index (χ3v) is 5.55. The average Bonchev–Trinajstić information content (AvgIpc) is 3.07. The van der Waals surface area contributed by atoms with Crippen molar-refractivity contribution in [3.8, 4) is 5.75 Å². The maximum Gasteiger partial charge on any atom is 0.268 e. The van der Waals surface area contributed by atoms with Crippen LogP contribution in [0.4, 0.5) is 16.5 Å². The van der Waals surface area contributed by atoms with Gasteiger partial charge in [0.15, 0.2) is 11.2 Å². The Morgan fingerprint density at radius 3 is 2.77 bits per heavy atom. The predicted molar refractivity (Wildman–Crippen MR) is 116 cm³/mol. The molecule has 1 atom stereocenters. The summed E-state index contributed by atoms with van der Waals surface area (Å²) in [5.41, 5.74) is 2.82. The molecule has 30 heavy (non-hydrogen) atoms. The van der Waals surface area contributed by atoms with Crippen molar-refractivity contribution in [1.82, 2.24) is 4.98 Å². The Morgan fingerprint density at radius 2 is 2.00 bits per heavy atom. The minimum absolute atomic E-state index is 0.125. The van der Waals surface area contributed by atoms with Crippen molar-refractivity contribution in [2.75, 3.05) is 22.1 Å². The number of benzene rings is 2. The van der Waals surface area contributed by atoms with E-state index in [4.69, 9.17) is 4.74 Å². The first-order chi connectivity index (χ1) is 14.3. The molecule has 0 saturated carbocycles. The lowest BCUT2D eigenvalue weighted by molar-refractivity contribution is -0.127. The standard InChI is InChI=1S/C21H20N4O4S/c1-11-8-14(9-17-19(11)24-21(30-17)22-13(3)26)23-18(27)10-25-15-6-4-5-7-16(15)29-12(2)20(25)28/h4-9,12H,10H2,1-3H3,(H,23,27)(H,22,24,26). The number of rotatable bonds is 4. The van der Waals surface area contributed by atoms with Crippen molar-refractivity contribution in [2.24, 2.45) is 0 Å². The number of fused-ring (bicyclic) bond motifs is 2. The Morgan fingerprint density at radius 1 is 1.23 bits per heavy atom. The molecule has 2 N–H and O–H groups in total. The molecular formula is C21H20N4O4S. The lowest BCUT2D eigenvalue weighted by Gasteiger charge is -2.32. The summed E-state index contributed by atoms with van der Waals surface area (Å²) in [5.74, 6) is -0.203. The van der Waals surface area contributed by atoms with Crippen molar-refractivity contribution in [2.45, 2.75) is 26.9 Å². The lowest BCUT2D eigenvalue weighted by Crippen LogP contribution is -2.47. The second-order valence-corrected chi connectivity index (χ2v) is 8.07. The van der Waals surface area contributed by atoms with Crippen molar-refractivity contribution in [1.29, 1.82) is 0 Å². The highest BCUT2D eigenvalue weighted by Gasteiger charge is 2.32. The highest BCUT2D eigenvalue weighted by molar-refractivity contribution is 7.22. The van der Waals surface area contributed by atoms with Crippen LogP contribution in [0, 0.1) is 6.92 Å². The molecule has 0 fully saturated rings. The van der Waals surface area contributed by atoms with Gasteiger partial charge in [-0.2, -0.15) is 0 Å². The van der Waals surface area contributed by atoms with Crippen molar-refractivity contribution in [3.05, 3.63) is 42.0 Å². The molecule has 9 heteroatoms. The van der Waals surface area contributed by atoms with E-state index in [2.05, 4.69) is 15.6 Å². The summed E-state index contributed by atoms with van der Waals surface area (Å²) in [5, 5.41) is 6.04. The van der Waals surface area contributed by atoms with Gasteiger partial charge in [0.25, 0.3) is 5.91 Å². The molecule has 1 aliphatic rings. The molecule has 1 unspecified atom stereocenters. The fourth-order valence-corrected chi connectivity index (χ4v) is 4.37. The third kappa shape index (κ3) is 3.84. The second-order valence-electron chi connectivity index (χ2n) is 7.04. The van der Waals surface area contributed by atoms with Gasteiger partial charge in [0.2, 0.25) is 11.8 Å². The summed E-state index contributed by atoms with van der Waals surface area (Å²) in [7, 11) is 0. The molecule has 1 aromatic heterocycles. The molecule has 3 amide bonds. The zero-order chi connectivity index (χ0) is 21.4. The van der Waals surface area contributed by atoms with Crippen molar-refractivity contribution in [3.63, 3.8) is 0 Å². The number of hydrogen-bond acceptors (Lipinski definition) is 6. The van der Waals surface area contributed by atoms with Crippen LogP contribution in [0.3, 0.4) is 0 Å². The molecule has 1 aliphatic heterocycles. The zero-order valence-electron chi connectivity index (χ0n) is 16.7. The Hall–Kier alpha value is -3.46.